The number of nitrogens with zero attached hydrogens (tertiary/aromatic N) is 3. The molecule has 1 atom stereocenters. The lowest BCUT2D eigenvalue weighted by Crippen LogP contribution is -2.23. The number of carbonyl (C=O) groups excluding carboxylic acids is 1. The molecule has 0 aliphatic carbocycles. The predicted octanol–water partition coefficient (Wildman–Crippen LogP) is 2.58. The van der Waals surface area contributed by atoms with Crippen molar-refractivity contribution in [2.75, 3.05) is 7.11 Å². The van der Waals surface area contributed by atoms with Gasteiger partial charge in [0.15, 0.2) is 6.10 Å². The molecule has 0 saturated carbocycles. The number of rotatable bonds is 6. The monoisotopic (exact) mass is 375 g/mol. The number of ether oxygens (including phenoxy) is 2. The average molecular weight is 375 g/mol. The molecule has 136 valence electrons. The Morgan fingerprint density at radius 3 is 2.65 bits per heavy atom. The van der Waals surface area contributed by atoms with Gasteiger partial charge in [-0.3, -0.25) is 14.2 Å². The van der Waals surface area contributed by atoms with Crippen LogP contribution < -0.4 is 9.61 Å². The molecule has 26 heavy (non-hydrogen) atoms. The molecule has 0 saturated heterocycles. The molecule has 2 aromatic heterocycles. The van der Waals surface area contributed by atoms with Crippen LogP contribution in [0.2, 0.25) is 0 Å². The Kier molecular flexibility index (Phi) is 5.17. The fourth-order valence-corrected chi connectivity index (χ4v) is 2.99. The lowest BCUT2D eigenvalue weighted by molar-refractivity contribution is -0.150. The third-order valence-electron chi connectivity index (χ3n) is 3.70. The summed E-state index contributed by atoms with van der Waals surface area (Å²) >= 11 is 1.04. The maximum Gasteiger partial charge on any atom is 0.326 e. The minimum absolute atomic E-state index is 0.155. The highest BCUT2D eigenvalue weighted by atomic mass is 32.1. The maximum atomic E-state index is 12.1. The van der Waals surface area contributed by atoms with Gasteiger partial charge in [0, 0.05) is 16.6 Å². The molecular weight excluding hydrogens is 358 g/mol. The Labute approximate surface area is 153 Å². The Morgan fingerprint density at radius 1 is 1.31 bits per heavy atom. The Balaban J connectivity index is 1.66. The zero-order valence-corrected chi connectivity index (χ0v) is 15.3. The number of aromatic nitrogens is 3. The van der Waals surface area contributed by atoms with Crippen LogP contribution in [0.3, 0.4) is 0 Å². The second kappa shape index (κ2) is 7.52. The van der Waals surface area contributed by atoms with E-state index in [0.29, 0.717) is 11.6 Å². The fourth-order valence-electron chi connectivity index (χ4n) is 2.26. The number of hydrogen-bond acceptors (Lipinski definition) is 8. The normalized spacial score (nSPS) is 12.0. The van der Waals surface area contributed by atoms with E-state index >= 15 is 0 Å². The highest BCUT2D eigenvalue weighted by Gasteiger charge is 2.20. The van der Waals surface area contributed by atoms with E-state index in [2.05, 4.69) is 10.2 Å². The van der Waals surface area contributed by atoms with Crippen molar-refractivity contribution in [3.63, 3.8) is 0 Å². The third-order valence-corrected chi connectivity index (χ3v) is 4.58. The van der Waals surface area contributed by atoms with Crippen LogP contribution in [0.4, 0.5) is 0 Å². The number of hydrogen-bond donors (Lipinski definition) is 0. The molecule has 0 N–H and O–H groups in total. The van der Waals surface area contributed by atoms with Gasteiger partial charge in [-0.05, 0) is 38.1 Å². The van der Waals surface area contributed by atoms with Crippen molar-refractivity contribution >= 4 is 17.3 Å². The van der Waals surface area contributed by atoms with Gasteiger partial charge in [-0.25, -0.2) is 0 Å². The van der Waals surface area contributed by atoms with Gasteiger partial charge in [-0.15, -0.1) is 10.2 Å². The SMILES string of the molecule is COc1ccc(-c2nnc(C(C)OC(=O)Cn3c(C)csc3=O)o2)cc1. The zero-order valence-electron chi connectivity index (χ0n) is 14.5. The van der Waals surface area contributed by atoms with Gasteiger partial charge in [0.05, 0.1) is 7.11 Å². The van der Waals surface area contributed by atoms with E-state index in [-0.39, 0.29) is 17.3 Å². The summed E-state index contributed by atoms with van der Waals surface area (Å²) in [6.07, 6.45) is -0.725. The first-order chi connectivity index (χ1) is 12.5. The average Bonchev–Trinajstić information content (AvgIpc) is 3.24. The molecule has 0 aliphatic heterocycles. The molecule has 0 spiro atoms. The molecule has 0 bridgehead atoms. The Bertz CT molecular complexity index is 957. The van der Waals surface area contributed by atoms with Crippen LogP contribution in [0.15, 0.2) is 38.9 Å². The smallest absolute Gasteiger partial charge is 0.326 e. The second-order valence-electron chi connectivity index (χ2n) is 5.54. The van der Waals surface area contributed by atoms with Crippen molar-refractivity contribution in [1.82, 2.24) is 14.8 Å². The zero-order chi connectivity index (χ0) is 18.7. The van der Waals surface area contributed by atoms with Crippen LogP contribution in [-0.2, 0) is 16.1 Å². The molecule has 0 radical (unpaired) electrons. The van der Waals surface area contributed by atoms with Crippen LogP contribution in [0, 0.1) is 6.92 Å². The Morgan fingerprint density at radius 2 is 2.04 bits per heavy atom. The minimum Gasteiger partial charge on any atom is -0.497 e. The molecule has 0 amide bonds. The molecule has 3 rings (SSSR count). The highest BCUT2D eigenvalue weighted by Crippen LogP contribution is 2.24. The topological polar surface area (TPSA) is 96.5 Å². The second-order valence-corrected chi connectivity index (χ2v) is 6.36. The fraction of sp³-hybridized carbons (Fsp3) is 0.294. The van der Waals surface area contributed by atoms with Crippen molar-refractivity contribution < 1.29 is 18.7 Å². The number of aryl methyl sites for hydroxylation is 1. The molecule has 1 unspecified atom stereocenters. The minimum atomic E-state index is -0.725. The summed E-state index contributed by atoms with van der Waals surface area (Å²) in [7, 11) is 1.58. The standard InChI is InChI=1S/C17H17N3O5S/c1-10-9-26-17(22)20(10)8-14(21)24-11(2)15-18-19-16(25-15)12-4-6-13(23-3)7-5-12/h4-7,9,11H,8H2,1-3H3. The van der Waals surface area contributed by atoms with Crippen LogP contribution in [0.5, 0.6) is 5.75 Å². The molecule has 9 heteroatoms. The lowest BCUT2D eigenvalue weighted by atomic mass is 10.2. The molecule has 1 aromatic carbocycles. The quantitative estimate of drug-likeness (QED) is 0.611. The number of thiazole rings is 1. The van der Waals surface area contributed by atoms with Crippen LogP contribution in [0.25, 0.3) is 11.5 Å². The van der Waals surface area contributed by atoms with Crippen molar-refractivity contribution in [2.45, 2.75) is 26.5 Å². The third kappa shape index (κ3) is 3.83. The van der Waals surface area contributed by atoms with E-state index in [1.807, 2.05) is 0 Å². The summed E-state index contributed by atoms with van der Waals surface area (Å²) in [5.74, 6) is 0.661. The van der Waals surface area contributed by atoms with Gasteiger partial charge >= 0.3 is 10.8 Å². The van der Waals surface area contributed by atoms with Gasteiger partial charge in [-0.1, -0.05) is 11.3 Å². The van der Waals surface area contributed by atoms with Crippen molar-refractivity contribution in [1.29, 1.82) is 0 Å². The van der Waals surface area contributed by atoms with E-state index in [1.54, 1.807) is 50.6 Å². The number of carbonyl (C=O) groups is 1. The molecule has 8 nitrogen and oxygen atoms in total. The summed E-state index contributed by atoms with van der Waals surface area (Å²) in [4.78, 5) is 23.5. The number of esters is 1. The number of benzene rings is 1. The first-order valence-electron chi connectivity index (χ1n) is 7.80. The van der Waals surface area contributed by atoms with E-state index in [9.17, 15) is 9.59 Å². The van der Waals surface area contributed by atoms with Crippen LogP contribution in [0.1, 0.15) is 24.6 Å². The molecule has 2 heterocycles. The van der Waals surface area contributed by atoms with Gasteiger partial charge in [0.25, 0.3) is 5.89 Å². The van der Waals surface area contributed by atoms with Gasteiger partial charge in [-0.2, -0.15) is 0 Å². The van der Waals surface area contributed by atoms with Crippen molar-refractivity contribution in [3.05, 3.63) is 50.9 Å². The molecular formula is C17H17N3O5S. The Hall–Kier alpha value is -2.94. The number of methoxy groups -OCH3 is 1. The lowest BCUT2D eigenvalue weighted by Gasteiger charge is -2.10. The first-order valence-corrected chi connectivity index (χ1v) is 8.68. The van der Waals surface area contributed by atoms with Crippen LogP contribution >= 0.6 is 11.3 Å². The maximum absolute atomic E-state index is 12.1. The van der Waals surface area contributed by atoms with E-state index in [1.165, 1.54) is 4.57 Å². The first kappa shape index (κ1) is 17.9. The van der Waals surface area contributed by atoms with Crippen LogP contribution in [-0.4, -0.2) is 27.8 Å². The summed E-state index contributed by atoms with van der Waals surface area (Å²) in [5.41, 5.74) is 1.44. The molecule has 0 aliphatic rings. The largest absolute Gasteiger partial charge is 0.497 e. The van der Waals surface area contributed by atoms with Crippen molar-refractivity contribution in [3.8, 4) is 17.2 Å². The summed E-state index contributed by atoms with van der Waals surface area (Å²) in [6, 6.07) is 7.14. The van der Waals surface area contributed by atoms with Gasteiger partial charge < -0.3 is 13.9 Å². The van der Waals surface area contributed by atoms with Gasteiger partial charge in [0.1, 0.15) is 12.3 Å². The van der Waals surface area contributed by atoms with E-state index in [4.69, 9.17) is 13.9 Å². The predicted molar refractivity (Wildman–Crippen MR) is 94.1 cm³/mol. The van der Waals surface area contributed by atoms with Crippen molar-refractivity contribution in [2.24, 2.45) is 0 Å². The summed E-state index contributed by atoms with van der Waals surface area (Å²) < 4.78 is 17.3. The molecule has 0 fully saturated rings. The van der Waals surface area contributed by atoms with E-state index in [0.717, 1.165) is 22.6 Å². The summed E-state index contributed by atoms with van der Waals surface area (Å²) in [6.45, 7) is 3.23. The molecule has 3 aromatic rings. The van der Waals surface area contributed by atoms with Gasteiger partial charge in [0.2, 0.25) is 5.89 Å². The highest BCUT2D eigenvalue weighted by molar-refractivity contribution is 7.07. The van der Waals surface area contributed by atoms with E-state index < -0.39 is 12.1 Å². The summed E-state index contributed by atoms with van der Waals surface area (Å²) in [5, 5.41) is 9.59.